The first-order valence-electron chi connectivity index (χ1n) is 10.1. The molecular weight excluding hydrogens is 446 g/mol. The maximum Gasteiger partial charge on any atom is 0.243 e. The first kappa shape index (κ1) is 20.6. The Kier molecular flexibility index (Phi) is 6.18. The molecule has 6 nitrogen and oxygen atoms in total. The fourth-order valence-corrected chi connectivity index (χ4v) is 4.20. The Labute approximate surface area is 184 Å². The van der Waals surface area contributed by atoms with Gasteiger partial charge in [-0.2, -0.15) is 5.10 Å². The number of carbonyl (C=O) groups excluding carboxylic acids is 2. The molecule has 1 saturated heterocycles. The van der Waals surface area contributed by atoms with Crippen molar-refractivity contribution in [2.45, 2.75) is 31.7 Å². The highest BCUT2D eigenvalue weighted by Crippen LogP contribution is 2.25. The Morgan fingerprint density at radius 1 is 1.17 bits per heavy atom. The van der Waals surface area contributed by atoms with E-state index in [1.807, 2.05) is 53.4 Å². The van der Waals surface area contributed by atoms with Gasteiger partial charge in [0.25, 0.3) is 0 Å². The molecule has 0 N–H and O–H groups in total. The van der Waals surface area contributed by atoms with E-state index in [4.69, 9.17) is 4.74 Å². The minimum Gasteiger partial charge on any atom is -0.497 e. The van der Waals surface area contributed by atoms with Crippen LogP contribution in [-0.4, -0.2) is 53.7 Å². The summed E-state index contributed by atoms with van der Waals surface area (Å²) in [6.07, 6.45) is 2.42. The highest BCUT2D eigenvalue weighted by Gasteiger charge is 2.38. The number of methoxy groups -OCH3 is 1. The zero-order chi connectivity index (χ0) is 21.1. The minimum absolute atomic E-state index is 0.0328. The Hall–Kier alpha value is -2.67. The molecule has 2 aromatic rings. The third-order valence-electron chi connectivity index (χ3n) is 5.59. The Balaban J connectivity index is 1.50. The summed E-state index contributed by atoms with van der Waals surface area (Å²) in [4.78, 5) is 27.2. The third kappa shape index (κ3) is 4.41. The summed E-state index contributed by atoms with van der Waals surface area (Å²) in [5.74, 6) is 0.901. The summed E-state index contributed by atoms with van der Waals surface area (Å²) in [5, 5.41) is 6.20. The van der Waals surface area contributed by atoms with Crippen LogP contribution in [0.1, 0.15) is 30.4 Å². The van der Waals surface area contributed by atoms with Crippen LogP contribution in [0.2, 0.25) is 0 Å². The number of benzene rings is 2. The first-order chi connectivity index (χ1) is 14.5. The number of rotatable bonds is 6. The molecule has 2 aliphatic heterocycles. The number of carbonyl (C=O) groups is 2. The van der Waals surface area contributed by atoms with Crippen molar-refractivity contribution >= 4 is 33.5 Å². The van der Waals surface area contributed by atoms with Gasteiger partial charge in [-0.25, -0.2) is 5.01 Å². The molecule has 2 aromatic carbocycles. The fourth-order valence-electron chi connectivity index (χ4n) is 3.93. The number of hydrogen-bond acceptors (Lipinski definition) is 4. The van der Waals surface area contributed by atoms with E-state index in [1.54, 1.807) is 7.11 Å². The van der Waals surface area contributed by atoms with Crippen molar-refractivity contribution in [3.05, 3.63) is 64.1 Å². The van der Waals surface area contributed by atoms with Gasteiger partial charge in [0.15, 0.2) is 0 Å². The Morgan fingerprint density at radius 2 is 1.90 bits per heavy atom. The standard InChI is InChI=1S/C23H24BrN3O3/c1-30-19-11-4-16(5-12-19)6-13-22(29)27-15-20(26-14-2-3-21(26)28)23(25-27)17-7-9-18(24)10-8-17/h4-5,7-12,20H,2-3,6,13-15H2,1H3. The number of hydrazone groups is 1. The number of amides is 2. The van der Waals surface area contributed by atoms with Crippen LogP contribution in [0.4, 0.5) is 0 Å². The molecule has 1 fully saturated rings. The SMILES string of the molecule is COc1ccc(CCC(=O)N2CC(N3CCCC3=O)C(c3ccc(Br)cc3)=N2)cc1. The lowest BCUT2D eigenvalue weighted by atomic mass is 10.0. The van der Waals surface area contributed by atoms with E-state index in [9.17, 15) is 9.59 Å². The van der Waals surface area contributed by atoms with Gasteiger partial charge in [0.1, 0.15) is 5.75 Å². The second kappa shape index (κ2) is 9.00. The molecule has 0 radical (unpaired) electrons. The van der Waals surface area contributed by atoms with Crippen LogP contribution >= 0.6 is 15.9 Å². The molecule has 30 heavy (non-hydrogen) atoms. The average molecular weight is 470 g/mol. The monoisotopic (exact) mass is 469 g/mol. The Bertz CT molecular complexity index is 957. The van der Waals surface area contributed by atoms with Crippen LogP contribution in [0.25, 0.3) is 0 Å². The number of halogens is 1. The predicted molar refractivity (Wildman–Crippen MR) is 118 cm³/mol. The van der Waals surface area contributed by atoms with Crippen molar-refractivity contribution in [1.29, 1.82) is 0 Å². The summed E-state index contributed by atoms with van der Waals surface area (Å²) < 4.78 is 6.16. The molecular formula is C23H24BrN3O3. The van der Waals surface area contributed by atoms with E-state index in [2.05, 4.69) is 21.0 Å². The second-order valence-corrected chi connectivity index (χ2v) is 8.44. The molecule has 2 heterocycles. The van der Waals surface area contributed by atoms with Gasteiger partial charge in [-0.15, -0.1) is 0 Å². The van der Waals surface area contributed by atoms with Gasteiger partial charge in [-0.3, -0.25) is 9.59 Å². The van der Waals surface area contributed by atoms with Gasteiger partial charge >= 0.3 is 0 Å². The number of likely N-dealkylation sites (tertiary alicyclic amines) is 1. The molecule has 0 bridgehead atoms. The van der Waals surface area contributed by atoms with Gasteiger partial charge < -0.3 is 9.64 Å². The van der Waals surface area contributed by atoms with Crippen LogP contribution in [-0.2, 0) is 16.0 Å². The molecule has 7 heteroatoms. The number of aryl methyl sites for hydroxylation is 1. The summed E-state index contributed by atoms with van der Waals surface area (Å²) in [5.41, 5.74) is 2.80. The fraction of sp³-hybridized carbons (Fsp3) is 0.348. The third-order valence-corrected chi connectivity index (χ3v) is 6.12. The largest absolute Gasteiger partial charge is 0.497 e. The maximum absolute atomic E-state index is 12.9. The quantitative estimate of drug-likeness (QED) is 0.648. The molecule has 0 spiro atoms. The molecule has 0 aromatic heterocycles. The van der Waals surface area contributed by atoms with Crippen LogP contribution in [0, 0.1) is 0 Å². The van der Waals surface area contributed by atoms with Gasteiger partial charge in [0.2, 0.25) is 11.8 Å². The Morgan fingerprint density at radius 3 is 2.53 bits per heavy atom. The molecule has 0 aliphatic carbocycles. The van der Waals surface area contributed by atoms with Crippen LogP contribution in [0.5, 0.6) is 5.75 Å². The normalized spacial score (nSPS) is 18.7. The van der Waals surface area contributed by atoms with E-state index < -0.39 is 0 Å². The zero-order valence-corrected chi connectivity index (χ0v) is 18.5. The molecule has 1 unspecified atom stereocenters. The van der Waals surface area contributed by atoms with E-state index >= 15 is 0 Å². The predicted octanol–water partition coefficient (Wildman–Crippen LogP) is 3.63. The van der Waals surface area contributed by atoms with E-state index in [1.165, 1.54) is 5.01 Å². The van der Waals surface area contributed by atoms with Crippen molar-refractivity contribution in [1.82, 2.24) is 9.91 Å². The van der Waals surface area contributed by atoms with Crippen LogP contribution in [0.15, 0.2) is 58.1 Å². The lowest BCUT2D eigenvalue weighted by molar-refractivity contribution is -0.133. The van der Waals surface area contributed by atoms with Crippen molar-refractivity contribution in [2.24, 2.45) is 5.10 Å². The van der Waals surface area contributed by atoms with E-state index in [0.29, 0.717) is 32.4 Å². The summed E-state index contributed by atoms with van der Waals surface area (Å²) in [7, 11) is 1.63. The van der Waals surface area contributed by atoms with Crippen LogP contribution < -0.4 is 4.74 Å². The number of hydrogen-bond donors (Lipinski definition) is 0. The summed E-state index contributed by atoms with van der Waals surface area (Å²) in [6, 6.07) is 15.4. The number of ether oxygens (including phenoxy) is 1. The van der Waals surface area contributed by atoms with Gasteiger partial charge in [-0.1, -0.05) is 40.2 Å². The van der Waals surface area contributed by atoms with Crippen molar-refractivity contribution in [2.75, 3.05) is 20.2 Å². The van der Waals surface area contributed by atoms with Gasteiger partial charge in [-0.05, 0) is 42.7 Å². The van der Waals surface area contributed by atoms with E-state index in [-0.39, 0.29) is 17.9 Å². The first-order valence-corrected chi connectivity index (χ1v) is 10.9. The van der Waals surface area contributed by atoms with Crippen molar-refractivity contribution in [3.63, 3.8) is 0 Å². The highest BCUT2D eigenvalue weighted by atomic mass is 79.9. The van der Waals surface area contributed by atoms with Gasteiger partial charge in [0, 0.05) is 29.4 Å². The minimum atomic E-state index is -0.189. The van der Waals surface area contributed by atoms with Crippen molar-refractivity contribution < 1.29 is 14.3 Å². The molecule has 4 rings (SSSR count). The summed E-state index contributed by atoms with van der Waals surface area (Å²) in [6.45, 7) is 1.13. The van der Waals surface area contributed by atoms with Gasteiger partial charge in [0.05, 0.1) is 25.4 Å². The second-order valence-electron chi connectivity index (χ2n) is 7.52. The molecule has 2 amide bonds. The van der Waals surface area contributed by atoms with Crippen molar-refractivity contribution in [3.8, 4) is 5.75 Å². The van der Waals surface area contributed by atoms with Crippen LogP contribution in [0.3, 0.4) is 0 Å². The average Bonchev–Trinajstić information content (AvgIpc) is 3.39. The molecule has 0 saturated carbocycles. The lowest BCUT2D eigenvalue weighted by Crippen LogP contribution is -2.44. The summed E-state index contributed by atoms with van der Waals surface area (Å²) >= 11 is 3.45. The molecule has 156 valence electrons. The highest BCUT2D eigenvalue weighted by molar-refractivity contribution is 9.10. The smallest absolute Gasteiger partial charge is 0.243 e. The number of nitrogens with zero attached hydrogens (tertiary/aromatic N) is 3. The topological polar surface area (TPSA) is 62.2 Å². The zero-order valence-electron chi connectivity index (χ0n) is 16.9. The maximum atomic E-state index is 12.9. The lowest BCUT2D eigenvalue weighted by Gasteiger charge is -2.25. The molecule has 1 atom stereocenters. The van der Waals surface area contributed by atoms with E-state index in [0.717, 1.165) is 33.5 Å². The molecule has 2 aliphatic rings.